The molecule has 2 rings (SSSR count). The van der Waals surface area contributed by atoms with Crippen molar-refractivity contribution in [1.29, 1.82) is 0 Å². The summed E-state index contributed by atoms with van der Waals surface area (Å²) >= 11 is 0. The monoisotopic (exact) mass is 254 g/mol. The summed E-state index contributed by atoms with van der Waals surface area (Å²) in [5, 5.41) is 0. The summed E-state index contributed by atoms with van der Waals surface area (Å²) in [5.74, 6) is 0.108. The third-order valence-electron chi connectivity index (χ3n) is 3.43. The lowest BCUT2D eigenvalue weighted by molar-refractivity contribution is 0.571. The van der Waals surface area contributed by atoms with Crippen LogP contribution >= 0.6 is 0 Å². The Bertz CT molecular complexity index is 552. The zero-order valence-corrected chi connectivity index (χ0v) is 11.2. The lowest BCUT2D eigenvalue weighted by atomic mass is 10.1. The van der Waals surface area contributed by atoms with Crippen molar-refractivity contribution in [1.82, 2.24) is 0 Å². The van der Waals surface area contributed by atoms with Gasteiger partial charge in [0.2, 0.25) is 0 Å². The van der Waals surface area contributed by atoms with Crippen LogP contribution in [0, 0.1) is 13.8 Å². The van der Waals surface area contributed by atoms with Crippen LogP contribution < -0.4 is 10.6 Å². The van der Waals surface area contributed by atoms with Gasteiger partial charge < -0.3 is 10.6 Å². The van der Waals surface area contributed by atoms with Gasteiger partial charge in [-0.25, -0.2) is 8.42 Å². The number of anilines is 1. The van der Waals surface area contributed by atoms with E-state index in [9.17, 15) is 8.42 Å². The molecule has 0 aromatic heterocycles. The molecule has 0 spiro atoms. The average Bonchev–Trinajstić information content (AvgIpc) is 2.26. The minimum absolute atomic E-state index is 0.108. The summed E-state index contributed by atoms with van der Waals surface area (Å²) in [5.41, 5.74) is 8.26. The van der Waals surface area contributed by atoms with Crippen LogP contribution in [0.5, 0.6) is 0 Å². The second-order valence-corrected chi connectivity index (χ2v) is 6.63. The van der Waals surface area contributed by atoms with E-state index >= 15 is 0 Å². The van der Waals surface area contributed by atoms with Gasteiger partial charge in [-0.05, 0) is 25.0 Å². The minimum Gasteiger partial charge on any atom is -0.368 e. The van der Waals surface area contributed by atoms with Gasteiger partial charge in [0.1, 0.15) is 0 Å². The summed E-state index contributed by atoms with van der Waals surface area (Å²) < 4.78 is 24.6. The van der Waals surface area contributed by atoms with E-state index in [1.54, 1.807) is 0 Å². The molecule has 0 amide bonds. The van der Waals surface area contributed by atoms with Crippen molar-refractivity contribution in [3.63, 3.8) is 0 Å². The van der Waals surface area contributed by atoms with Crippen molar-refractivity contribution in [2.24, 2.45) is 5.73 Å². The normalized spacial score (nSPS) is 22.4. The molecule has 0 bridgehead atoms. The van der Waals surface area contributed by atoms with Gasteiger partial charge in [-0.2, -0.15) is 0 Å². The molecule has 1 unspecified atom stereocenters. The van der Waals surface area contributed by atoms with Crippen molar-refractivity contribution in [3.8, 4) is 0 Å². The summed E-state index contributed by atoms with van der Waals surface area (Å²) in [6.45, 7) is 4.12. The van der Waals surface area contributed by atoms with Gasteiger partial charge in [0.25, 0.3) is 0 Å². The van der Waals surface area contributed by atoms with E-state index in [0.717, 1.165) is 16.8 Å². The molecule has 0 aliphatic carbocycles. The van der Waals surface area contributed by atoms with Gasteiger partial charge >= 0.3 is 0 Å². The molecule has 94 valence electrons. The first-order valence-electron chi connectivity index (χ1n) is 5.64. The topological polar surface area (TPSA) is 63.4 Å². The van der Waals surface area contributed by atoms with Crippen LogP contribution in [0.2, 0.25) is 0 Å². The zero-order valence-electron chi connectivity index (χ0n) is 10.4. The summed E-state index contributed by atoms with van der Waals surface area (Å²) in [6.07, 6.45) is 0. The van der Waals surface area contributed by atoms with E-state index in [-0.39, 0.29) is 11.8 Å². The number of nitrogens with zero attached hydrogens (tertiary/aromatic N) is 1. The number of likely N-dealkylation sites (N-methyl/N-ethyl adjacent to an activating group) is 1. The van der Waals surface area contributed by atoms with Crippen LogP contribution in [0.4, 0.5) is 5.69 Å². The van der Waals surface area contributed by atoms with Crippen LogP contribution in [0.15, 0.2) is 17.0 Å². The van der Waals surface area contributed by atoms with E-state index in [2.05, 4.69) is 0 Å². The summed E-state index contributed by atoms with van der Waals surface area (Å²) in [6, 6.07) is 3.69. The van der Waals surface area contributed by atoms with Gasteiger partial charge in [0.15, 0.2) is 9.84 Å². The van der Waals surface area contributed by atoms with Crippen LogP contribution in [0.3, 0.4) is 0 Å². The molecule has 0 radical (unpaired) electrons. The maximum atomic E-state index is 12.3. The predicted octanol–water partition coefficient (Wildman–Crippen LogP) is 0.854. The summed E-state index contributed by atoms with van der Waals surface area (Å²) in [4.78, 5) is 2.48. The Morgan fingerprint density at radius 1 is 1.35 bits per heavy atom. The van der Waals surface area contributed by atoms with Crippen molar-refractivity contribution >= 4 is 15.5 Å². The molecule has 1 aliphatic heterocycles. The Morgan fingerprint density at radius 3 is 2.53 bits per heavy atom. The molecular weight excluding hydrogens is 236 g/mol. The van der Waals surface area contributed by atoms with Crippen molar-refractivity contribution in [2.45, 2.75) is 24.8 Å². The molecule has 1 heterocycles. The molecule has 0 fully saturated rings. The molecule has 17 heavy (non-hydrogen) atoms. The Balaban J connectivity index is 2.77. The minimum atomic E-state index is -3.21. The number of nitrogens with two attached hydrogens (primary N) is 1. The quantitative estimate of drug-likeness (QED) is 0.807. The van der Waals surface area contributed by atoms with E-state index in [1.807, 2.05) is 37.9 Å². The highest BCUT2D eigenvalue weighted by atomic mass is 32.2. The molecule has 4 nitrogen and oxygen atoms in total. The van der Waals surface area contributed by atoms with Gasteiger partial charge in [0.05, 0.1) is 22.4 Å². The smallest absolute Gasteiger partial charge is 0.182 e. The van der Waals surface area contributed by atoms with Gasteiger partial charge in [-0.3, -0.25) is 0 Å². The van der Waals surface area contributed by atoms with E-state index in [4.69, 9.17) is 5.73 Å². The second-order valence-electron chi connectivity index (χ2n) is 4.66. The number of rotatable bonds is 1. The molecule has 1 aliphatic rings. The van der Waals surface area contributed by atoms with Crippen molar-refractivity contribution in [2.75, 3.05) is 24.2 Å². The number of sulfone groups is 1. The molecule has 0 saturated heterocycles. The molecular formula is C12H18N2O2S. The Morgan fingerprint density at radius 2 is 1.94 bits per heavy atom. The van der Waals surface area contributed by atoms with Crippen molar-refractivity contribution in [3.05, 3.63) is 23.3 Å². The van der Waals surface area contributed by atoms with E-state index < -0.39 is 9.84 Å². The lowest BCUT2D eigenvalue weighted by Crippen LogP contribution is -2.47. The maximum Gasteiger partial charge on any atom is 0.182 e. The largest absolute Gasteiger partial charge is 0.368 e. The second kappa shape index (κ2) is 3.99. The number of fused-ring (bicyclic) bond motifs is 1. The van der Waals surface area contributed by atoms with Crippen molar-refractivity contribution < 1.29 is 8.42 Å². The molecule has 1 aromatic rings. The highest BCUT2D eigenvalue weighted by molar-refractivity contribution is 7.91. The standard InChI is InChI=1S/C12H18N2O2S/c1-8-4-5-9(2)12-11(8)14(3)10(6-13)7-17(12,15)16/h4-5,10H,6-7,13H2,1-3H3. The first-order valence-corrected chi connectivity index (χ1v) is 7.29. The van der Waals surface area contributed by atoms with Crippen LogP contribution in [0.25, 0.3) is 0 Å². The van der Waals surface area contributed by atoms with Crippen LogP contribution in [0.1, 0.15) is 11.1 Å². The SMILES string of the molecule is Cc1ccc(C)c2c1N(C)C(CN)CS2(=O)=O. The van der Waals surface area contributed by atoms with Gasteiger partial charge in [-0.1, -0.05) is 12.1 Å². The molecule has 2 N–H and O–H groups in total. The van der Waals surface area contributed by atoms with Crippen LogP contribution in [-0.2, 0) is 9.84 Å². The number of aryl methyl sites for hydroxylation is 2. The fourth-order valence-electron chi connectivity index (χ4n) is 2.46. The van der Waals surface area contributed by atoms with Gasteiger partial charge in [-0.15, -0.1) is 0 Å². The Kier molecular flexibility index (Phi) is 2.91. The first-order chi connectivity index (χ1) is 7.88. The first kappa shape index (κ1) is 12.4. The van der Waals surface area contributed by atoms with Crippen LogP contribution in [-0.4, -0.2) is 33.8 Å². The van der Waals surface area contributed by atoms with E-state index in [0.29, 0.717) is 11.4 Å². The fraction of sp³-hybridized carbons (Fsp3) is 0.500. The third-order valence-corrected chi connectivity index (χ3v) is 5.39. The lowest BCUT2D eigenvalue weighted by Gasteiger charge is -2.36. The van der Waals surface area contributed by atoms with E-state index in [1.165, 1.54) is 0 Å². The maximum absolute atomic E-state index is 12.3. The molecule has 1 aromatic carbocycles. The number of hydrogen-bond acceptors (Lipinski definition) is 4. The number of benzene rings is 1. The summed E-state index contributed by atoms with van der Waals surface area (Å²) in [7, 11) is -1.30. The molecule has 0 saturated carbocycles. The molecule has 5 heteroatoms. The average molecular weight is 254 g/mol. The Labute approximate surface area is 102 Å². The molecule has 1 atom stereocenters. The predicted molar refractivity (Wildman–Crippen MR) is 69.2 cm³/mol. The zero-order chi connectivity index (χ0) is 12.8. The Hall–Kier alpha value is -1.07. The third kappa shape index (κ3) is 1.83. The highest BCUT2D eigenvalue weighted by Gasteiger charge is 2.35. The number of hydrogen-bond donors (Lipinski definition) is 1. The fourth-order valence-corrected chi connectivity index (χ4v) is 4.65. The highest BCUT2D eigenvalue weighted by Crippen LogP contribution is 2.37. The van der Waals surface area contributed by atoms with Gasteiger partial charge in [0, 0.05) is 13.6 Å².